The van der Waals surface area contributed by atoms with Crippen LogP contribution in [-0.2, 0) is 41.6 Å². The third-order valence-corrected chi connectivity index (χ3v) is 5.27. The van der Waals surface area contributed by atoms with Gasteiger partial charge in [-0.05, 0) is 18.8 Å². The molecule has 2 rings (SSSR count). The zero-order valence-electron chi connectivity index (χ0n) is 19.3. The van der Waals surface area contributed by atoms with E-state index in [9.17, 15) is 19.2 Å². The number of fused-ring (bicyclic) bond motifs is 1. The van der Waals surface area contributed by atoms with Crippen LogP contribution in [-0.4, -0.2) is 73.1 Å². The topological polar surface area (TPSA) is 146 Å². The Morgan fingerprint density at radius 1 is 1.21 bits per heavy atom. The molecule has 33 heavy (non-hydrogen) atoms. The van der Waals surface area contributed by atoms with Crippen molar-refractivity contribution in [2.45, 2.75) is 45.7 Å². The number of ketones is 2. The first-order valence-electron chi connectivity index (χ1n) is 11.0. The average molecular weight is 465 g/mol. The quantitative estimate of drug-likeness (QED) is 0.355. The van der Waals surface area contributed by atoms with Crippen molar-refractivity contribution in [1.82, 2.24) is 20.6 Å². The van der Waals surface area contributed by atoms with Gasteiger partial charge in [-0.15, -0.1) is 0 Å². The summed E-state index contributed by atoms with van der Waals surface area (Å²) in [7, 11) is 1.56. The molecule has 182 valence electrons. The number of hydrogen-bond acceptors (Lipinski definition) is 9. The standard InChI is InChI=1S/C22H32N4O7/c1-14(2)19(26-22(30)33-9-8-32-7-6-31-3)18(27)10-15-4-5-17-16(11-23-13-25-17)12-24-21(29)20(15)28/h11,13-15,19H,4-10,12H2,1-3H3,(H,24,29)(H,26,30). The second kappa shape index (κ2) is 13.6. The van der Waals surface area contributed by atoms with E-state index in [1.54, 1.807) is 27.2 Å². The molecule has 0 aromatic carbocycles. The number of aromatic nitrogens is 2. The van der Waals surface area contributed by atoms with Crippen LogP contribution in [0.3, 0.4) is 0 Å². The van der Waals surface area contributed by atoms with Crippen molar-refractivity contribution in [3.05, 3.63) is 23.8 Å². The minimum absolute atomic E-state index is 0.0249. The third kappa shape index (κ3) is 8.50. The number of rotatable bonds is 11. The van der Waals surface area contributed by atoms with Gasteiger partial charge in [-0.25, -0.2) is 14.8 Å². The highest BCUT2D eigenvalue weighted by molar-refractivity contribution is 6.37. The van der Waals surface area contributed by atoms with Crippen molar-refractivity contribution in [3.63, 3.8) is 0 Å². The molecule has 0 radical (unpaired) electrons. The summed E-state index contributed by atoms with van der Waals surface area (Å²) in [6.45, 7) is 4.76. The van der Waals surface area contributed by atoms with Crippen LogP contribution in [0.4, 0.5) is 4.79 Å². The number of carbonyl (C=O) groups is 4. The Morgan fingerprint density at radius 3 is 2.70 bits per heavy atom. The minimum Gasteiger partial charge on any atom is -0.447 e. The van der Waals surface area contributed by atoms with Gasteiger partial charge in [0, 0.05) is 43.4 Å². The highest BCUT2D eigenvalue weighted by Crippen LogP contribution is 2.20. The Hall–Kier alpha value is -2.92. The molecule has 0 spiro atoms. The van der Waals surface area contributed by atoms with Gasteiger partial charge in [0.25, 0.3) is 5.91 Å². The summed E-state index contributed by atoms with van der Waals surface area (Å²) < 4.78 is 15.1. The lowest BCUT2D eigenvalue weighted by atomic mass is 9.87. The number of alkyl carbamates (subject to hydrolysis) is 1. The van der Waals surface area contributed by atoms with Gasteiger partial charge in [0.2, 0.25) is 5.78 Å². The molecule has 11 nitrogen and oxygen atoms in total. The maximum atomic E-state index is 13.0. The van der Waals surface area contributed by atoms with Gasteiger partial charge < -0.3 is 24.8 Å². The van der Waals surface area contributed by atoms with E-state index < -0.39 is 29.7 Å². The van der Waals surface area contributed by atoms with E-state index >= 15 is 0 Å². The fraction of sp³-hybridized carbons (Fsp3) is 0.636. The number of hydrogen-bond donors (Lipinski definition) is 2. The average Bonchev–Trinajstić information content (AvgIpc) is 2.85. The number of nitrogens with zero attached hydrogens (tertiary/aromatic N) is 2. The van der Waals surface area contributed by atoms with Crippen LogP contribution >= 0.6 is 0 Å². The minimum atomic E-state index is -0.856. The van der Waals surface area contributed by atoms with Crippen LogP contribution in [0.15, 0.2) is 12.5 Å². The molecule has 2 heterocycles. The molecule has 2 amide bonds. The SMILES string of the molecule is COCCOCCOC(=O)NC(C(=O)CC1CCc2ncncc2CNC(=O)C1=O)C(C)C. The first-order valence-corrected chi connectivity index (χ1v) is 11.0. The summed E-state index contributed by atoms with van der Waals surface area (Å²) in [6.07, 6.45) is 2.81. The van der Waals surface area contributed by atoms with E-state index in [4.69, 9.17) is 14.2 Å². The van der Waals surface area contributed by atoms with E-state index in [0.29, 0.717) is 19.6 Å². The van der Waals surface area contributed by atoms with Gasteiger partial charge in [0.15, 0.2) is 5.78 Å². The van der Waals surface area contributed by atoms with Gasteiger partial charge in [-0.3, -0.25) is 14.4 Å². The molecule has 1 aliphatic heterocycles. The van der Waals surface area contributed by atoms with Crippen LogP contribution < -0.4 is 10.6 Å². The van der Waals surface area contributed by atoms with Crippen LogP contribution in [0.1, 0.15) is 37.9 Å². The van der Waals surface area contributed by atoms with Crippen molar-refractivity contribution in [2.24, 2.45) is 11.8 Å². The molecular weight excluding hydrogens is 432 g/mol. The molecule has 1 aliphatic rings. The van der Waals surface area contributed by atoms with Crippen molar-refractivity contribution < 1.29 is 33.4 Å². The smallest absolute Gasteiger partial charge is 0.407 e. The van der Waals surface area contributed by atoms with E-state index in [1.165, 1.54) is 6.33 Å². The lowest BCUT2D eigenvalue weighted by molar-refractivity contribution is -0.141. The van der Waals surface area contributed by atoms with Crippen molar-refractivity contribution in [3.8, 4) is 0 Å². The number of ether oxygens (including phenoxy) is 3. The maximum absolute atomic E-state index is 13.0. The summed E-state index contributed by atoms with van der Waals surface area (Å²) in [6, 6.07) is -0.856. The molecule has 0 saturated heterocycles. The number of methoxy groups -OCH3 is 1. The monoisotopic (exact) mass is 464 g/mol. The first kappa shape index (κ1) is 26.3. The van der Waals surface area contributed by atoms with E-state index in [2.05, 4.69) is 20.6 Å². The predicted octanol–water partition coefficient (Wildman–Crippen LogP) is 0.597. The molecule has 2 atom stereocenters. The Kier molecular flexibility index (Phi) is 10.8. The van der Waals surface area contributed by atoms with Gasteiger partial charge >= 0.3 is 6.09 Å². The number of aryl methyl sites for hydroxylation is 1. The van der Waals surface area contributed by atoms with Crippen LogP contribution in [0.2, 0.25) is 0 Å². The summed E-state index contributed by atoms with van der Waals surface area (Å²) >= 11 is 0. The van der Waals surface area contributed by atoms with Gasteiger partial charge in [0.1, 0.15) is 12.9 Å². The molecule has 2 unspecified atom stereocenters. The molecule has 0 aliphatic carbocycles. The first-order chi connectivity index (χ1) is 15.8. The van der Waals surface area contributed by atoms with E-state index in [-0.39, 0.29) is 44.3 Å². The fourth-order valence-corrected chi connectivity index (χ4v) is 3.44. The molecule has 0 saturated carbocycles. The lowest BCUT2D eigenvalue weighted by Gasteiger charge is -2.23. The fourth-order valence-electron chi connectivity index (χ4n) is 3.44. The van der Waals surface area contributed by atoms with Crippen LogP contribution in [0.5, 0.6) is 0 Å². The number of nitrogens with one attached hydrogen (secondary N) is 2. The summed E-state index contributed by atoms with van der Waals surface area (Å²) in [5, 5.41) is 5.14. The van der Waals surface area contributed by atoms with Crippen LogP contribution in [0, 0.1) is 11.8 Å². The van der Waals surface area contributed by atoms with Crippen molar-refractivity contribution in [2.75, 3.05) is 33.5 Å². The second-order valence-corrected chi connectivity index (χ2v) is 8.05. The largest absolute Gasteiger partial charge is 0.447 e. The number of Topliss-reactive ketones (excluding diaryl/α,β-unsaturated/α-hetero) is 2. The lowest BCUT2D eigenvalue weighted by Crippen LogP contribution is -2.46. The van der Waals surface area contributed by atoms with Crippen LogP contribution in [0.25, 0.3) is 0 Å². The van der Waals surface area contributed by atoms with Crippen molar-refractivity contribution in [1.29, 1.82) is 0 Å². The van der Waals surface area contributed by atoms with Gasteiger partial charge in [0.05, 0.1) is 25.9 Å². The summed E-state index contributed by atoms with van der Waals surface area (Å²) in [5.74, 6) is -2.79. The molecule has 1 aromatic rings. The second-order valence-electron chi connectivity index (χ2n) is 8.05. The van der Waals surface area contributed by atoms with E-state index in [0.717, 1.165) is 11.3 Å². The normalized spacial score (nSPS) is 17.3. The zero-order chi connectivity index (χ0) is 24.2. The zero-order valence-corrected chi connectivity index (χ0v) is 19.3. The van der Waals surface area contributed by atoms with Gasteiger partial charge in [-0.2, -0.15) is 0 Å². The Morgan fingerprint density at radius 2 is 1.97 bits per heavy atom. The maximum Gasteiger partial charge on any atom is 0.407 e. The predicted molar refractivity (Wildman–Crippen MR) is 116 cm³/mol. The molecule has 1 aromatic heterocycles. The molecule has 2 N–H and O–H groups in total. The molecular formula is C22H32N4O7. The Bertz CT molecular complexity index is 831. The van der Waals surface area contributed by atoms with Gasteiger partial charge in [-0.1, -0.05) is 13.8 Å². The molecule has 0 fully saturated rings. The molecule has 11 heteroatoms. The number of amides is 2. The summed E-state index contributed by atoms with van der Waals surface area (Å²) in [5.41, 5.74) is 1.47. The number of carbonyl (C=O) groups excluding carboxylic acids is 4. The van der Waals surface area contributed by atoms with Crippen molar-refractivity contribution >= 4 is 23.6 Å². The highest BCUT2D eigenvalue weighted by atomic mass is 16.6. The Labute approximate surface area is 193 Å². The van der Waals surface area contributed by atoms with E-state index in [1.807, 2.05) is 0 Å². The Balaban J connectivity index is 1.96. The summed E-state index contributed by atoms with van der Waals surface area (Å²) in [4.78, 5) is 58.3. The highest BCUT2D eigenvalue weighted by Gasteiger charge is 2.33. The third-order valence-electron chi connectivity index (χ3n) is 5.27. The molecule has 0 bridgehead atoms.